The Morgan fingerprint density at radius 2 is 2.00 bits per heavy atom. The average Bonchev–Trinajstić information content (AvgIpc) is 3.10. The van der Waals surface area contributed by atoms with Gasteiger partial charge in [0.1, 0.15) is 4.90 Å². The summed E-state index contributed by atoms with van der Waals surface area (Å²) in [6.07, 6.45) is 6.13. The van der Waals surface area contributed by atoms with Crippen LogP contribution in [0.3, 0.4) is 0 Å². The number of hydrogen-bond acceptors (Lipinski definition) is 6. The topological polar surface area (TPSA) is 88.9 Å². The van der Waals surface area contributed by atoms with Crippen LogP contribution in [0.4, 0.5) is 11.4 Å². The van der Waals surface area contributed by atoms with E-state index < -0.39 is 10.0 Å². The molecule has 0 amide bonds. The lowest BCUT2D eigenvalue weighted by atomic mass is 10.1. The standard InChI is InChI=1S/C21H20ClN5O2S/c1-14-20(8-16(22)11-25-14)26-17-5-6-19-15(10-23-2)13-27(21(19)9-17)30(28,29)18-4-3-7-24-12-18/h3-9,11-13,23,26H,10H2,1-2H3. The van der Waals surface area contributed by atoms with Gasteiger partial charge in [-0.05, 0) is 49.9 Å². The van der Waals surface area contributed by atoms with Gasteiger partial charge < -0.3 is 10.6 Å². The lowest BCUT2D eigenvalue weighted by Gasteiger charge is -2.11. The first-order valence-electron chi connectivity index (χ1n) is 9.23. The van der Waals surface area contributed by atoms with E-state index in [2.05, 4.69) is 20.6 Å². The molecule has 0 atom stereocenters. The maximum atomic E-state index is 13.3. The van der Waals surface area contributed by atoms with E-state index in [1.54, 1.807) is 30.7 Å². The van der Waals surface area contributed by atoms with E-state index in [9.17, 15) is 8.42 Å². The van der Waals surface area contributed by atoms with Gasteiger partial charge in [-0.3, -0.25) is 9.97 Å². The van der Waals surface area contributed by atoms with Crippen molar-refractivity contribution in [3.8, 4) is 0 Å². The summed E-state index contributed by atoms with van der Waals surface area (Å²) >= 11 is 6.07. The molecular weight excluding hydrogens is 422 g/mol. The summed E-state index contributed by atoms with van der Waals surface area (Å²) in [4.78, 5) is 8.34. The minimum absolute atomic E-state index is 0.131. The number of pyridine rings is 2. The van der Waals surface area contributed by atoms with Crippen molar-refractivity contribution in [2.75, 3.05) is 12.4 Å². The molecule has 0 spiro atoms. The van der Waals surface area contributed by atoms with Crippen molar-refractivity contribution in [1.29, 1.82) is 0 Å². The van der Waals surface area contributed by atoms with Gasteiger partial charge in [0, 0.05) is 42.4 Å². The number of benzene rings is 1. The zero-order valence-corrected chi connectivity index (χ0v) is 18.0. The smallest absolute Gasteiger partial charge is 0.269 e. The van der Waals surface area contributed by atoms with Gasteiger partial charge >= 0.3 is 0 Å². The number of fused-ring (bicyclic) bond motifs is 1. The summed E-state index contributed by atoms with van der Waals surface area (Å²) in [5.41, 5.74) is 3.72. The Balaban J connectivity index is 1.86. The van der Waals surface area contributed by atoms with E-state index in [0.29, 0.717) is 17.1 Å². The number of nitrogens with zero attached hydrogens (tertiary/aromatic N) is 3. The Kier molecular flexibility index (Phi) is 5.46. The third-order valence-electron chi connectivity index (χ3n) is 4.75. The molecule has 1 aromatic carbocycles. The number of hydrogen-bond donors (Lipinski definition) is 2. The minimum Gasteiger partial charge on any atom is -0.354 e. The third kappa shape index (κ3) is 3.77. The highest BCUT2D eigenvalue weighted by atomic mass is 35.5. The zero-order valence-electron chi connectivity index (χ0n) is 16.4. The second-order valence-corrected chi connectivity index (χ2v) is 9.07. The summed E-state index contributed by atoms with van der Waals surface area (Å²) in [6, 6.07) is 10.6. The highest BCUT2D eigenvalue weighted by Crippen LogP contribution is 2.30. The Hall–Kier alpha value is -2.94. The molecule has 154 valence electrons. The van der Waals surface area contributed by atoms with E-state index in [1.165, 1.54) is 16.2 Å². The molecule has 0 saturated carbocycles. The molecular formula is C21H20ClN5O2S. The summed E-state index contributed by atoms with van der Waals surface area (Å²) in [5.74, 6) is 0. The minimum atomic E-state index is -3.80. The summed E-state index contributed by atoms with van der Waals surface area (Å²) < 4.78 is 27.9. The molecule has 4 rings (SSSR count). The predicted octanol–water partition coefficient (Wildman–Crippen LogP) is 4.09. The number of aryl methyl sites for hydroxylation is 1. The zero-order chi connectivity index (χ0) is 21.3. The van der Waals surface area contributed by atoms with Gasteiger partial charge in [0.25, 0.3) is 10.0 Å². The normalized spacial score (nSPS) is 11.7. The molecule has 7 nitrogen and oxygen atoms in total. The average molecular weight is 442 g/mol. The molecule has 0 radical (unpaired) electrons. The Labute approximate surface area is 179 Å². The largest absolute Gasteiger partial charge is 0.354 e. The van der Waals surface area contributed by atoms with Crippen LogP contribution in [-0.4, -0.2) is 29.4 Å². The van der Waals surface area contributed by atoms with Crippen LogP contribution in [-0.2, 0) is 16.6 Å². The summed E-state index contributed by atoms with van der Waals surface area (Å²) in [6.45, 7) is 2.41. The van der Waals surface area contributed by atoms with Crippen molar-refractivity contribution in [3.05, 3.63) is 77.5 Å². The first-order valence-corrected chi connectivity index (χ1v) is 11.1. The van der Waals surface area contributed by atoms with Crippen molar-refractivity contribution in [2.24, 2.45) is 0 Å². The fourth-order valence-corrected chi connectivity index (χ4v) is 4.78. The van der Waals surface area contributed by atoms with Crippen LogP contribution in [0.25, 0.3) is 10.9 Å². The van der Waals surface area contributed by atoms with E-state index in [0.717, 1.165) is 28.0 Å². The number of halogens is 1. The van der Waals surface area contributed by atoms with Crippen LogP contribution in [0.2, 0.25) is 5.02 Å². The van der Waals surface area contributed by atoms with Gasteiger partial charge in [-0.25, -0.2) is 12.4 Å². The van der Waals surface area contributed by atoms with Crippen LogP contribution >= 0.6 is 11.6 Å². The maximum absolute atomic E-state index is 13.3. The predicted molar refractivity (Wildman–Crippen MR) is 119 cm³/mol. The van der Waals surface area contributed by atoms with Crippen molar-refractivity contribution in [2.45, 2.75) is 18.4 Å². The molecule has 0 unspecified atom stereocenters. The quantitative estimate of drug-likeness (QED) is 0.468. The molecule has 0 bridgehead atoms. The van der Waals surface area contributed by atoms with Crippen LogP contribution in [0.5, 0.6) is 0 Å². The van der Waals surface area contributed by atoms with Gasteiger partial charge in [0.2, 0.25) is 0 Å². The maximum Gasteiger partial charge on any atom is 0.269 e. The lowest BCUT2D eigenvalue weighted by molar-refractivity contribution is 0.588. The molecule has 0 fully saturated rings. The van der Waals surface area contributed by atoms with Crippen LogP contribution in [0.1, 0.15) is 11.3 Å². The van der Waals surface area contributed by atoms with Gasteiger partial charge in [-0.1, -0.05) is 17.7 Å². The van der Waals surface area contributed by atoms with E-state index in [1.807, 2.05) is 32.2 Å². The molecule has 0 aliphatic rings. The van der Waals surface area contributed by atoms with Crippen LogP contribution in [0.15, 0.2) is 66.1 Å². The van der Waals surface area contributed by atoms with E-state index in [-0.39, 0.29) is 4.90 Å². The van der Waals surface area contributed by atoms with Crippen LogP contribution in [0, 0.1) is 6.92 Å². The Bertz CT molecular complexity index is 1320. The third-order valence-corrected chi connectivity index (χ3v) is 6.61. The fraction of sp³-hybridized carbons (Fsp3) is 0.143. The summed E-state index contributed by atoms with van der Waals surface area (Å²) in [7, 11) is -1.98. The first kappa shape index (κ1) is 20.3. The number of anilines is 2. The highest BCUT2D eigenvalue weighted by molar-refractivity contribution is 7.90. The van der Waals surface area contributed by atoms with E-state index >= 15 is 0 Å². The Morgan fingerprint density at radius 3 is 2.73 bits per heavy atom. The fourth-order valence-electron chi connectivity index (χ4n) is 3.28. The molecule has 4 aromatic rings. The van der Waals surface area contributed by atoms with Gasteiger partial charge in [0.15, 0.2) is 0 Å². The van der Waals surface area contributed by atoms with Crippen molar-refractivity contribution < 1.29 is 8.42 Å². The number of aromatic nitrogens is 3. The molecule has 3 heterocycles. The molecule has 3 aromatic heterocycles. The Morgan fingerprint density at radius 1 is 1.17 bits per heavy atom. The molecule has 2 N–H and O–H groups in total. The molecule has 0 aliphatic heterocycles. The SMILES string of the molecule is CNCc1cn(S(=O)(=O)c2cccnc2)c2cc(Nc3cc(Cl)cnc3C)ccc12. The van der Waals surface area contributed by atoms with E-state index in [4.69, 9.17) is 11.6 Å². The van der Waals surface area contributed by atoms with Gasteiger partial charge in [0.05, 0.1) is 21.9 Å². The second kappa shape index (κ2) is 8.06. The molecule has 9 heteroatoms. The number of rotatable bonds is 6. The van der Waals surface area contributed by atoms with Gasteiger partial charge in [-0.2, -0.15) is 0 Å². The molecule has 0 saturated heterocycles. The highest BCUT2D eigenvalue weighted by Gasteiger charge is 2.21. The first-order chi connectivity index (χ1) is 14.4. The second-order valence-electron chi connectivity index (χ2n) is 6.82. The van der Waals surface area contributed by atoms with Crippen molar-refractivity contribution >= 4 is 43.9 Å². The number of nitrogens with one attached hydrogen (secondary N) is 2. The van der Waals surface area contributed by atoms with Crippen LogP contribution < -0.4 is 10.6 Å². The lowest BCUT2D eigenvalue weighted by Crippen LogP contribution is -2.12. The van der Waals surface area contributed by atoms with Crippen molar-refractivity contribution in [3.63, 3.8) is 0 Å². The summed E-state index contributed by atoms with van der Waals surface area (Å²) in [5, 5.41) is 7.74. The van der Waals surface area contributed by atoms with Gasteiger partial charge in [-0.15, -0.1) is 0 Å². The monoisotopic (exact) mass is 441 g/mol. The molecule has 30 heavy (non-hydrogen) atoms. The van der Waals surface area contributed by atoms with Crippen molar-refractivity contribution in [1.82, 2.24) is 19.3 Å². The molecule has 0 aliphatic carbocycles.